The van der Waals surface area contributed by atoms with Gasteiger partial charge in [0.15, 0.2) is 0 Å². The van der Waals surface area contributed by atoms with Gasteiger partial charge in [-0.3, -0.25) is 14.4 Å². The molecule has 1 rings (SSSR count). The van der Waals surface area contributed by atoms with Crippen LogP contribution < -0.4 is 16.4 Å². The first kappa shape index (κ1) is 18.8. The number of carbonyl (C=O) groups is 3. The molecular formula is C14H25N3O4S. The second-order valence-corrected chi connectivity index (χ2v) is 8.99. The molecule has 2 atom stereocenters. The maximum Gasteiger partial charge on any atom is 0.305 e. The average Bonchev–Trinajstić information content (AvgIpc) is 2.32. The maximum absolute atomic E-state index is 12.2. The van der Waals surface area contributed by atoms with Crippen LogP contribution in [-0.2, 0) is 14.4 Å². The Morgan fingerprint density at radius 1 is 1.18 bits per heavy atom. The Morgan fingerprint density at radius 3 is 2.09 bits per heavy atom. The highest BCUT2D eigenvalue weighted by Gasteiger charge is 2.54. The number of aliphatic carboxylic acids is 1. The van der Waals surface area contributed by atoms with Gasteiger partial charge in [-0.15, -0.1) is 11.8 Å². The molecule has 8 heteroatoms. The fourth-order valence-corrected chi connectivity index (χ4v) is 4.97. The number of amides is 2. The lowest BCUT2D eigenvalue weighted by atomic mass is 9.89. The standard InChI is InChI=1S/C14H25N3O4S/c1-7(16-11(21)8(15)6-9(18)19)10(20)17-12-13(2,3)22-14(12,4)5/h7-8,12H,6,15H2,1-5H3,(H,16,21)(H,17,20)(H,18,19)/t7-,8+/m1/s1. The molecule has 0 aromatic heterocycles. The van der Waals surface area contributed by atoms with Crippen LogP contribution in [0.3, 0.4) is 0 Å². The third-order valence-electron chi connectivity index (χ3n) is 3.69. The van der Waals surface area contributed by atoms with Crippen LogP contribution in [0.25, 0.3) is 0 Å². The third kappa shape index (κ3) is 4.36. The lowest BCUT2D eigenvalue weighted by Gasteiger charge is -2.57. The van der Waals surface area contributed by atoms with Crippen LogP contribution in [0.1, 0.15) is 41.0 Å². The zero-order valence-electron chi connectivity index (χ0n) is 13.6. The van der Waals surface area contributed by atoms with E-state index >= 15 is 0 Å². The molecule has 0 radical (unpaired) electrons. The van der Waals surface area contributed by atoms with E-state index in [4.69, 9.17) is 10.8 Å². The summed E-state index contributed by atoms with van der Waals surface area (Å²) in [6.07, 6.45) is -0.473. The topological polar surface area (TPSA) is 122 Å². The lowest BCUT2D eigenvalue weighted by molar-refractivity contribution is -0.139. The van der Waals surface area contributed by atoms with Crippen LogP contribution >= 0.6 is 11.8 Å². The molecule has 0 bridgehead atoms. The van der Waals surface area contributed by atoms with E-state index in [1.165, 1.54) is 0 Å². The van der Waals surface area contributed by atoms with Gasteiger partial charge in [-0.05, 0) is 34.6 Å². The van der Waals surface area contributed by atoms with E-state index < -0.39 is 30.4 Å². The fraction of sp³-hybridized carbons (Fsp3) is 0.786. The minimum Gasteiger partial charge on any atom is -0.481 e. The van der Waals surface area contributed by atoms with Crippen molar-refractivity contribution in [2.45, 2.75) is 68.7 Å². The lowest BCUT2D eigenvalue weighted by Crippen LogP contribution is -2.68. The Labute approximate surface area is 134 Å². The SMILES string of the molecule is C[C@@H](NC(=O)[C@@H](N)CC(=O)O)C(=O)NC1C(C)(C)SC1(C)C. The van der Waals surface area contributed by atoms with E-state index in [9.17, 15) is 14.4 Å². The van der Waals surface area contributed by atoms with E-state index in [0.717, 1.165) is 0 Å². The van der Waals surface area contributed by atoms with Crippen LogP contribution in [0, 0.1) is 0 Å². The van der Waals surface area contributed by atoms with Crippen molar-refractivity contribution in [3.05, 3.63) is 0 Å². The molecule has 0 aliphatic carbocycles. The predicted octanol–water partition coefficient (Wildman–Crippen LogP) is 0.0819. The van der Waals surface area contributed by atoms with Gasteiger partial charge in [0.1, 0.15) is 6.04 Å². The number of nitrogens with one attached hydrogen (secondary N) is 2. The predicted molar refractivity (Wildman–Crippen MR) is 85.5 cm³/mol. The van der Waals surface area contributed by atoms with Gasteiger partial charge in [0, 0.05) is 9.49 Å². The van der Waals surface area contributed by atoms with E-state index in [2.05, 4.69) is 38.3 Å². The van der Waals surface area contributed by atoms with Gasteiger partial charge in [-0.1, -0.05) is 0 Å². The molecule has 1 aliphatic heterocycles. The zero-order valence-corrected chi connectivity index (χ0v) is 14.4. The molecule has 1 heterocycles. The van der Waals surface area contributed by atoms with Gasteiger partial charge in [0.25, 0.3) is 0 Å². The summed E-state index contributed by atoms with van der Waals surface area (Å²) >= 11 is 1.79. The minimum atomic E-state index is -1.17. The number of carbonyl (C=O) groups excluding carboxylic acids is 2. The molecule has 1 fully saturated rings. The van der Waals surface area contributed by atoms with Crippen molar-refractivity contribution in [1.29, 1.82) is 0 Å². The van der Waals surface area contributed by atoms with Gasteiger partial charge < -0.3 is 21.5 Å². The zero-order chi connectivity index (χ0) is 17.3. The Bertz CT molecular complexity index is 465. The first-order valence-electron chi connectivity index (χ1n) is 7.15. The summed E-state index contributed by atoms with van der Waals surface area (Å²) in [5, 5.41) is 14.0. The highest BCUT2D eigenvalue weighted by Crippen LogP contribution is 2.54. The molecule has 0 aromatic carbocycles. The fourth-order valence-electron chi connectivity index (χ4n) is 2.86. The van der Waals surface area contributed by atoms with Crippen LogP contribution in [0.2, 0.25) is 0 Å². The quantitative estimate of drug-likeness (QED) is 0.547. The van der Waals surface area contributed by atoms with Gasteiger partial charge in [-0.2, -0.15) is 0 Å². The number of rotatable bonds is 6. The Hall–Kier alpha value is -1.28. The first-order chi connectivity index (χ1) is 9.86. The number of carboxylic acids is 1. The molecule has 1 saturated heterocycles. The molecule has 22 heavy (non-hydrogen) atoms. The third-order valence-corrected chi connectivity index (χ3v) is 5.21. The van der Waals surface area contributed by atoms with Gasteiger partial charge in [-0.25, -0.2) is 0 Å². The van der Waals surface area contributed by atoms with E-state index in [0.29, 0.717) is 0 Å². The first-order valence-corrected chi connectivity index (χ1v) is 7.97. The Balaban J connectivity index is 2.55. The van der Waals surface area contributed by atoms with Crippen molar-refractivity contribution in [3.63, 3.8) is 0 Å². The highest BCUT2D eigenvalue weighted by molar-refractivity contribution is 8.03. The van der Waals surface area contributed by atoms with Gasteiger partial charge in [0.2, 0.25) is 11.8 Å². The van der Waals surface area contributed by atoms with Crippen molar-refractivity contribution >= 4 is 29.5 Å². The molecule has 0 aromatic rings. The summed E-state index contributed by atoms with van der Waals surface area (Å²) in [4.78, 5) is 34.5. The van der Waals surface area contributed by atoms with Crippen molar-refractivity contribution in [2.75, 3.05) is 0 Å². The van der Waals surface area contributed by atoms with Crippen molar-refractivity contribution < 1.29 is 19.5 Å². The minimum absolute atomic E-state index is 0.00968. The summed E-state index contributed by atoms with van der Waals surface area (Å²) in [5.41, 5.74) is 5.46. The van der Waals surface area contributed by atoms with E-state index in [1.54, 1.807) is 18.7 Å². The number of hydrogen-bond donors (Lipinski definition) is 4. The van der Waals surface area contributed by atoms with Crippen molar-refractivity contribution in [3.8, 4) is 0 Å². The molecule has 126 valence electrons. The average molecular weight is 331 g/mol. The smallest absolute Gasteiger partial charge is 0.305 e. The summed E-state index contributed by atoms with van der Waals surface area (Å²) in [6, 6.07) is -1.95. The van der Waals surface area contributed by atoms with Crippen molar-refractivity contribution in [2.24, 2.45) is 5.73 Å². The van der Waals surface area contributed by atoms with Crippen LogP contribution in [0.15, 0.2) is 0 Å². The molecule has 2 amide bonds. The van der Waals surface area contributed by atoms with Gasteiger partial charge >= 0.3 is 5.97 Å². The van der Waals surface area contributed by atoms with Crippen LogP contribution in [0.5, 0.6) is 0 Å². The number of thioether (sulfide) groups is 1. The molecule has 0 spiro atoms. The summed E-state index contributed by atoms with van der Waals surface area (Å²) in [5.74, 6) is -2.11. The summed E-state index contributed by atoms with van der Waals surface area (Å²) < 4.78 is -0.134. The summed E-state index contributed by atoms with van der Waals surface area (Å²) in [7, 11) is 0. The highest BCUT2D eigenvalue weighted by atomic mass is 32.2. The van der Waals surface area contributed by atoms with E-state index in [1.807, 2.05) is 0 Å². The number of nitrogens with two attached hydrogens (primary N) is 1. The monoisotopic (exact) mass is 331 g/mol. The number of hydrogen-bond acceptors (Lipinski definition) is 5. The largest absolute Gasteiger partial charge is 0.481 e. The second kappa shape index (κ2) is 6.45. The molecule has 7 nitrogen and oxygen atoms in total. The van der Waals surface area contributed by atoms with Crippen molar-refractivity contribution in [1.82, 2.24) is 10.6 Å². The molecular weight excluding hydrogens is 306 g/mol. The molecule has 5 N–H and O–H groups in total. The molecule has 0 unspecified atom stereocenters. The molecule has 0 saturated carbocycles. The number of carboxylic acid groups (broad SMARTS) is 1. The van der Waals surface area contributed by atoms with Crippen LogP contribution in [-0.4, -0.2) is 50.5 Å². The van der Waals surface area contributed by atoms with E-state index in [-0.39, 0.29) is 21.4 Å². The maximum atomic E-state index is 12.2. The van der Waals surface area contributed by atoms with Crippen LogP contribution in [0.4, 0.5) is 0 Å². The Kier molecular flexibility index (Phi) is 5.51. The second-order valence-electron chi connectivity index (χ2n) is 6.69. The Morgan fingerprint density at radius 2 is 1.68 bits per heavy atom. The normalized spacial score (nSPS) is 22.1. The summed E-state index contributed by atoms with van der Waals surface area (Å²) in [6.45, 7) is 9.77. The van der Waals surface area contributed by atoms with Gasteiger partial charge in [0.05, 0.1) is 18.5 Å². The molecule has 1 aliphatic rings.